The number of aromatic nitrogens is 2. The summed E-state index contributed by atoms with van der Waals surface area (Å²) in [6.07, 6.45) is 0.133. The molecule has 11 heteroatoms. The van der Waals surface area contributed by atoms with E-state index in [0.29, 0.717) is 0 Å². The van der Waals surface area contributed by atoms with Crippen molar-refractivity contribution >= 4 is 25.8 Å². The smallest absolute Gasteiger partial charge is 0.357 e. The second kappa shape index (κ2) is 4.78. The summed E-state index contributed by atoms with van der Waals surface area (Å²) in [7, 11) is -7.50. The Labute approximate surface area is 121 Å². The molecule has 1 unspecified atom stereocenters. The van der Waals surface area contributed by atoms with Gasteiger partial charge in [0.2, 0.25) is 10.0 Å². The molecule has 1 atom stereocenters. The van der Waals surface area contributed by atoms with Crippen LogP contribution < -0.4 is 4.72 Å². The van der Waals surface area contributed by atoms with Crippen LogP contribution in [0.5, 0.6) is 0 Å². The Balaban J connectivity index is 2.41. The average Bonchev–Trinajstić information content (AvgIpc) is 2.79. The highest BCUT2D eigenvalue weighted by Crippen LogP contribution is 2.27. The SMILES string of the molecule is Cc1[nH]nc(C(=O)O)c1S(=O)(=O)NC1(C)CCS(=O)(=O)C1. The lowest BCUT2D eigenvalue weighted by molar-refractivity contribution is 0.0686. The molecular formula is C10H15N3O6S2. The van der Waals surface area contributed by atoms with Crippen molar-refractivity contribution in [3.8, 4) is 0 Å². The summed E-state index contributed by atoms with van der Waals surface area (Å²) in [5, 5.41) is 14.7. The maximum atomic E-state index is 12.4. The third kappa shape index (κ3) is 3.09. The summed E-state index contributed by atoms with van der Waals surface area (Å²) in [6, 6.07) is 0. The fourth-order valence-corrected chi connectivity index (χ4v) is 6.30. The molecule has 2 heterocycles. The number of carboxylic acid groups (broad SMARTS) is 1. The number of H-pyrrole nitrogens is 1. The highest BCUT2D eigenvalue weighted by Gasteiger charge is 2.43. The van der Waals surface area contributed by atoms with E-state index in [4.69, 9.17) is 5.11 Å². The van der Waals surface area contributed by atoms with Gasteiger partial charge in [-0.05, 0) is 20.3 Å². The molecule has 1 fully saturated rings. The summed E-state index contributed by atoms with van der Waals surface area (Å²) in [4.78, 5) is 10.6. The Bertz CT molecular complexity index is 795. The molecule has 1 aromatic rings. The fourth-order valence-electron chi connectivity index (χ4n) is 2.36. The van der Waals surface area contributed by atoms with E-state index in [2.05, 4.69) is 14.9 Å². The maximum Gasteiger partial charge on any atom is 0.357 e. The average molecular weight is 337 g/mol. The van der Waals surface area contributed by atoms with Gasteiger partial charge in [-0.25, -0.2) is 26.4 Å². The molecular weight excluding hydrogens is 322 g/mol. The molecule has 21 heavy (non-hydrogen) atoms. The first-order valence-electron chi connectivity index (χ1n) is 5.98. The molecule has 1 saturated heterocycles. The first-order valence-corrected chi connectivity index (χ1v) is 9.29. The second-order valence-corrected chi connectivity index (χ2v) is 9.14. The molecule has 2 rings (SSSR count). The van der Waals surface area contributed by atoms with Gasteiger partial charge in [0.1, 0.15) is 4.90 Å². The number of nitrogens with one attached hydrogen (secondary N) is 2. The Morgan fingerprint density at radius 2 is 2.10 bits per heavy atom. The van der Waals surface area contributed by atoms with Crippen molar-refractivity contribution in [2.45, 2.75) is 30.7 Å². The Morgan fingerprint density at radius 1 is 1.48 bits per heavy atom. The summed E-state index contributed by atoms with van der Waals surface area (Å²) >= 11 is 0. The zero-order valence-corrected chi connectivity index (χ0v) is 13.0. The molecule has 118 valence electrons. The fraction of sp³-hybridized carbons (Fsp3) is 0.600. The van der Waals surface area contributed by atoms with E-state index in [1.54, 1.807) is 0 Å². The monoisotopic (exact) mass is 337 g/mol. The van der Waals surface area contributed by atoms with E-state index in [0.717, 1.165) is 0 Å². The lowest BCUT2D eigenvalue weighted by atomic mass is 10.0. The summed E-state index contributed by atoms with van der Waals surface area (Å²) in [5.41, 5.74) is -1.70. The molecule has 0 aliphatic carbocycles. The van der Waals surface area contributed by atoms with Gasteiger partial charge in [-0.15, -0.1) is 0 Å². The van der Waals surface area contributed by atoms with E-state index in [1.165, 1.54) is 13.8 Å². The van der Waals surface area contributed by atoms with Crippen molar-refractivity contribution in [2.75, 3.05) is 11.5 Å². The van der Waals surface area contributed by atoms with Crippen LogP contribution in [0.3, 0.4) is 0 Å². The van der Waals surface area contributed by atoms with Gasteiger partial charge in [0, 0.05) is 5.54 Å². The molecule has 1 aliphatic heterocycles. The number of aryl methyl sites for hydroxylation is 1. The molecule has 1 aliphatic rings. The quantitative estimate of drug-likeness (QED) is 0.656. The van der Waals surface area contributed by atoms with Gasteiger partial charge in [-0.1, -0.05) is 0 Å². The number of sulfone groups is 1. The number of rotatable bonds is 4. The standard InChI is InChI=1S/C10H15N3O6S2/c1-6-8(7(9(14)15)12-11-6)21(18,19)13-10(2)3-4-20(16,17)5-10/h13H,3-5H2,1-2H3,(H,11,12)(H,14,15). The number of hydrogen-bond acceptors (Lipinski definition) is 6. The minimum atomic E-state index is -4.20. The number of aromatic carboxylic acids is 1. The summed E-state index contributed by atoms with van der Waals surface area (Å²) in [6.45, 7) is 2.85. The number of sulfonamides is 1. The van der Waals surface area contributed by atoms with E-state index < -0.39 is 42.0 Å². The van der Waals surface area contributed by atoms with E-state index in [1.807, 2.05) is 0 Å². The van der Waals surface area contributed by atoms with Crippen LogP contribution in [0.2, 0.25) is 0 Å². The number of nitrogens with zero attached hydrogens (tertiary/aromatic N) is 1. The van der Waals surface area contributed by atoms with Crippen molar-refractivity contribution in [3.63, 3.8) is 0 Å². The Morgan fingerprint density at radius 3 is 2.57 bits per heavy atom. The van der Waals surface area contributed by atoms with Crippen molar-refractivity contribution in [2.24, 2.45) is 0 Å². The second-order valence-electron chi connectivity index (χ2n) is 5.34. The van der Waals surface area contributed by atoms with Crippen LogP contribution >= 0.6 is 0 Å². The molecule has 0 bridgehead atoms. The highest BCUT2D eigenvalue weighted by molar-refractivity contribution is 7.92. The number of carbonyl (C=O) groups is 1. The first kappa shape index (κ1) is 15.9. The predicted molar refractivity (Wildman–Crippen MR) is 72.3 cm³/mol. The highest BCUT2D eigenvalue weighted by atomic mass is 32.2. The van der Waals surface area contributed by atoms with Crippen LogP contribution in [-0.4, -0.2) is 55.2 Å². The van der Waals surface area contributed by atoms with Crippen LogP contribution in [0.15, 0.2) is 4.90 Å². The number of hydrogen-bond donors (Lipinski definition) is 3. The topological polar surface area (TPSA) is 146 Å². The van der Waals surface area contributed by atoms with Crippen molar-refractivity contribution in [3.05, 3.63) is 11.4 Å². The van der Waals surface area contributed by atoms with Crippen LogP contribution in [0.25, 0.3) is 0 Å². The lowest BCUT2D eigenvalue weighted by Gasteiger charge is -2.23. The zero-order chi connectivity index (χ0) is 16.1. The first-order chi connectivity index (χ1) is 9.46. The molecule has 1 aromatic heterocycles. The lowest BCUT2D eigenvalue weighted by Crippen LogP contribution is -2.47. The van der Waals surface area contributed by atoms with E-state index >= 15 is 0 Å². The normalized spacial score (nSPS) is 25.0. The van der Waals surface area contributed by atoms with Gasteiger partial charge >= 0.3 is 5.97 Å². The molecule has 0 saturated carbocycles. The molecule has 3 N–H and O–H groups in total. The van der Waals surface area contributed by atoms with Gasteiger partial charge in [0.15, 0.2) is 15.5 Å². The number of carboxylic acids is 1. The molecule has 9 nitrogen and oxygen atoms in total. The zero-order valence-electron chi connectivity index (χ0n) is 11.4. The molecule has 0 aromatic carbocycles. The predicted octanol–water partition coefficient (Wildman–Crippen LogP) is -0.728. The van der Waals surface area contributed by atoms with Crippen LogP contribution in [-0.2, 0) is 19.9 Å². The minimum Gasteiger partial charge on any atom is -0.476 e. The number of aromatic amines is 1. The van der Waals surface area contributed by atoms with Gasteiger partial charge in [0.25, 0.3) is 0 Å². The summed E-state index contributed by atoms with van der Waals surface area (Å²) in [5.74, 6) is -1.91. The van der Waals surface area contributed by atoms with Crippen molar-refractivity contribution < 1.29 is 26.7 Å². The van der Waals surface area contributed by atoms with Gasteiger partial charge < -0.3 is 5.11 Å². The van der Waals surface area contributed by atoms with Gasteiger partial charge in [0.05, 0.1) is 17.2 Å². The Kier molecular flexibility index (Phi) is 3.62. The Hall–Kier alpha value is -1.46. The van der Waals surface area contributed by atoms with E-state index in [-0.39, 0.29) is 23.6 Å². The largest absolute Gasteiger partial charge is 0.476 e. The van der Waals surface area contributed by atoms with Crippen molar-refractivity contribution in [1.82, 2.24) is 14.9 Å². The summed E-state index contributed by atoms with van der Waals surface area (Å²) < 4.78 is 50.1. The third-order valence-electron chi connectivity index (χ3n) is 3.25. The van der Waals surface area contributed by atoms with Crippen LogP contribution in [0.4, 0.5) is 0 Å². The van der Waals surface area contributed by atoms with E-state index in [9.17, 15) is 21.6 Å². The molecule has 0 spiro atoms. The van der Waals surface area contributed by atoms with Gasteiger partial charge in [-0.2, -0.15) is 5.10 Å². The van der Waals surface area contributed by atoms with Gasteiger partial charge in [-0.3, -0.25) is 5.10 Å². The van der Waals surface area contributed by atoms with Crippen LogP contribution in [0.1, 0.15) is 29.5 Å². The molecule has 0 radical (unpaired) electrons. The minimum absolute atomic E-state index is 0.0735. The molecule has 0 amide bonds. The third-order valence-corrected chi connectivity index (χ3v) is 6.95. The van der Waals surface area contributed by atoms with Crippen LogP contribution in [0, 0.1) is 6.92 Å². The maximum absolute atomic E-state index is 12.4. The van der Waals surface area contributed by atoms with Crippen molar-refractivity contribution in [1.29, 1.82) is 0 Å².